The number of aliphatic imine (C=N–C) groups is 1. The number of halogens is 1. The van der Waals surface area contributed by atoms with Crippen LogP contribution in [0.3, 0.4) is 0 Å². The first kappa shape index (κ1) is 14.5. The maximum absolute atomic E-state index is 6.01. The monoisotopic (exact) mass is 259 g/mol. The normalized spacial score (nSPS) is 13.1. The molecule has 0 aliphatic heterocycles. The van der Waals surface area contributed by atoms with E-state index in [2.05, 4.69) is 17.6 Å². The van der Waals surface area contributed by atoms with Gasteiger partial charge < -0.3 is 0 Å². The van der Waals surface area contributed by atoms with Crippen LogP contribution in [0.25, 0.3) is 5.57 Å². The minimum atomic E-state index is 0.726. The SMILES string of the molecule is C=C(C)/C=C(C)/C=C(\C=N/C)c1cccc(Cl)c1. The summed E-state index contributed by atoms with van der Waals surface area (Å²) in [5.41, 5.74) is 4.26. The van der Waals surface area contributed by atoms with E-state index in [1.165, 1.54) is 0 Å². The number of hydrogen-bond acceptors (Lipinski definition) is 1. The molecule has 0 unspecified atom stereocenters. The Morgan fingerprint density at radius 3 is 2.56 bits per heavy atom. The van der Waals surface area contributed by atoms with Gasteiger partial charge in [0.25, 0.3) is 0 Å². The van der Waals surface area contributed by atoms with Crippen molar-refractivity contribution in [3.05, 3.63) is 64.7 Å². The lowest BCUT2D eigenvalue weighted by Gasteiger charge is -2.03. The third kappa shape index (κ3) is 4.72. The summed E-state index contributed by atoms with van der Waals surface area (Å²) in [6.07, 6.45) is 5.95. The highest BCUT2D eigenvalue weighted by Crippen LogP contribution is 2.19. The van der Waals surface area contributed by atoms with Gasteiger partial charge in [-0.15, -0.1) is 0 Å². The molecule has 2 heteroatoms. The van der Waals surface area contributed by atoms with Gasteiger partial charge in [0, 0.05) is 18.3 Å². The average molecular weight is 260 g/mol. The van der Waals surface area contributed by atoms with Gasteiger partial charge in [-0.2, -0.15) is 0 Å². The summed E-state index contributed by atoms with van der Waals surface area (Å²) in [6.45, 7) is 7.90. The molecule has 0 atom stereocenters. The Bertz CT molecular complexity index is 522. The Balaban J connectivity index is 3.18. The molecule has 0 bridgehead atoms. The van der Waals surface area contributed by atoms with Crippen LogP contribution in [0, 0.1) is 0 Å². The third-order valence-electron chi connectivity index (χ3n) is 2.28. The Morgan fingerprint density at radius 1 is 1.28 bits per heavy atom. The topological polar surface area (TPSA) is 12.4 Å². The minimum absolute atomic E-state index is 0.726. The van der Waals surface area contributed by atoms with E-state index in [0.717, 1.165) is 27.3 Å². The second kappa shape index (κ2) is 6.97. The molecule has 18 heavy (non-hydrogen) atoms. The average Bonchev–Trinajstić information content (AvgIpc) is 2.27. The van der Waals surface area contributed by atoms with Crippen molar-refractivity contribution in [3.8, 4) is 0 Å². The van der Waals surface area contributed by atoms with Gasteiger partial charge in [0.15, 0.2) is 0 Å². The fourth-order valence-corrected chi connectivity index (χ4v) is 1.87. The van der Waals surface area contributed by atoms with Crippen molar-refractivity contribution in [1.82, 2.24) is 0 Å². The van der Waals surface area contributed by atoms with E-state index in [4.69, 9.17) is 11.6 Å². The minimum Gasteiger partial charge on any atom is -0.296 e. The summed E-state index contributed by atoms with van der Waals surface area (Å²) in [5, 5.41) is 0.726. The molecule has 0 heterocycles. The Morgan fingerprint density at radius 2 is 2.00 bits per heavy atom. The quantitative estimate of drug-likeness (QED) is 0.536. The highest BCUT2D eigenvalue weighted by atomic mass is 35.5. The second-order valence-electron chi connectivity index (χ2n) is 4.23. The maximum Gasteiger partial charge on any atom is 0.0412 e. The molecule has 0 radical (unpaired) electrons. The lowest BCUT2D eigenvalue weighted by molar-refractivity contribution is 1.44. The van der Waals surface area contributed by atoms with Crippen LogP contribution in [0.2, 0.25) is 5.02 Å². The predicted octanol–water partition coefficient (Wildman–Crippen LogP) is 4.95. The summed E-state index contributed by atoms with van der Waals surface area (Å²) in [7, 11) is 1.76. The number of hydrogen-bond donors (Lipinski definition) is 0. The van der Waals surface area contributed by atoms with E-state index in [0.29, 0.717) is 0 Å². The number of allylic oxidation sites excluding steroid dienone is 5. The zero-order valence-corrected chi connectivity index (χ0v) is 11.8. The van der Waals surface area contributed by atoms with Gasteiger partial charge >= 0.3 is 0 Å². The molecule has 0 aliphatic rings. The summed E-state index contributed by atoms with van der Waals surface area (Å²) in [5.74, 6) is 0. The van der Waals surface area contributed by atoms with Crippen molar-refractivity contribution in [1.29, 1.82) is 0 Å². The highest BCUT2D eigenvalue weighted by Gasteiger charge is 2.00. The molecule has 0 aromatic heterocycles. The Labute approximate surface area is 114 Å². The van der Waals surface area contributed by atoms with Crippen molar-refractivity contribution in [2.75, 3.05) is 7.05 Å². The summed E-state index contributed by atoms with van der Waals surface area (Å²) < 4.78 is 0. The Hall–Kier alpha value is -1.60. The maximum atomic E-state index is 6.01. The first-order valence-corrected chi connectivity index (χ1v) is 6.14. The van der Waals surface area contributed by atoms with Crippen LogP contribution in [0.4, 0.5) is 0 Å². The molecule has 1 nitrogen and oxygen atoms in total. The van der Waals surface area contributed by atoms with Gasteiger partial charge in [0.2, 0.25) is 0 Å². The van der Waals surface area contributed by atoms with Crippen LogP contribution < -0.4 is 0 Å². The number of rotatable bonds is 4. The highest BCUT2D eigenvalue weighted by molar-refractivity contribution is 6.31. The van der Waals surface area contributed by atoms with Crippen molar-refractivity contribution < 1.29 is 0 Å². The molecule has 0 N–H and O–H groups in total. The first-order valence-electron chi connectivity index (χ1n) is 5.76. The summed E-state index contributed by atoms with van der Waals surface area (Å²) >= 11 is 6.01. The largest absolute Gasteiger partial charge is 0.296 e. The van der Waals surface area contributed by atoms with E-state index in [-0.39, 0.29) is 0 Å². The van der Waals surface area contributed by atoms with Gasteiger partial charge in [-0.1, -0.05) is 47.5 Å². The van der Waals surface area contributed by atoms with Crippen molar-refractivity contribution in [2.45, 2.75) is 13.8 Å². The van der Waals surface area contributed by atoms with Gasteiger partial charge in [-0.05, 0) is 43.2 Å². The van der Waals surface area contributed by atoms with Crippen molar-refractivity contribution in [2.24, 2.45) is 4.99 Å². The Kier molecular flexibility index (Phi) is 5.60. The molecule has 1 aromatic rings. The van der Waals surface area contributed by atoms with E-state index in [1.807, 2.05) is 50.4 Å². The van der Waals surface area contributed by atoms with Crippen LogP contribution in [0.5, 0.6) is 0 Å². The molecule has 0 spiro atoms. The number of benzene rings is 1. The smallest absolute Gasteiger partial charge is 0.0412 e. The molecule has 94 valence electrons. The number of nitrogens with zero attached hydrogens (tertiary/aromatic N) is 1. The van der Waals surface area contributed by atoms with E-state index >= 15 is 0 Å². The molecular formula is C16H18ClN. The molecule has 1 aromatic carbocycles. The standard InChI is InChI=1S/C16H18ClN/c1-12(2)8-13(3)9-15(11-18-4)14-6-5-7-16(17)10-14/h5-11H,1H2,2-4H3/b13-8+,15-9+,18-11-. The van der Waals surface area contributed by atoms with Gasteiger partial charge in [0.05, 0.1) is 0 Å². The van der Waals surface area contributed by atoms with Crippen LogP contribution in [-0.2, 0) is 0 Å². The zero-order chi connectivity index (χ0) is 13.5. The third-order valence-corrected chi connectivity index (χ3v) is 2.52. The zero-order valence-electron chi connectivity index (χ0n) is 11.1. The van der Waals surface area contributed by atoms with E-state index in [9.17, 15) is 0 Å². The lowest BCUT2D eigenvalue weighted by atomic mass is 10.0. The van der Waals surface area contributed by atoms with E-state index < -0.39 is 0 Å². The fourth-order valence-electron chi connectivity index (χ4n) is 1.68. The van der Waals surface area contributed by atoms with Crippen molar-refractivity contribution in [3.63, 3.8) is 0 Å². The molecule has 0 amide bonds. The van der Waals surface area contributed by atoms with Crippen LogP contribution in [0.15, 0.2) is 59.1 Å². The summed E-state index contributed by atoms with van der Waals surface area (Å²) in [6, 6.07) is 7.76. The van der Waals surface area contributed by atoms with Crippen LogP contribution in [0.1, 0.15) is 19.4 Å². The van der Waals surface area contributed by atoms with Crippen molar-refractivity contribution >= 4 is 23.4 Å². The van der Waals surface area contributed by atoms with Crippen LogP contribution >= 0.6 is 11.6 Å². The first-order chi connectivity index (χ1) is 8.52. The van der Waals surface area contributed by atoms with Gasteiger partial charge in [-0.3, -0.25) is 4.99 Å². The van der Waals surface area contributed by atoms with Gasteiger partial charge in [-0.25, -0.2) is 0 Å². The lowest BCUT2D eigenvalue weighted by Crippen LogP contribution is -1.87. The second-order valence-corrected chi connectivity index (χ2v) is 4.67. The molecule has 0 aliphatic carbocycles. The van der Waals surface area contributed by atoms with Crippen LogP contribution in [-0.4, -0.2) is 13.3 Å². The molecule has 0 fully saturated rings. The predicted molar refractivity (Wildman–Crippen MR) is 82.4 cm³/mol. The fraction of sp³-hybridized carbons (Fsp3) is 0.188. The molecule has 0 saturated heterocycles. The van der Waals surface area contributed by atoms with E-state index in [1.54, 1.807) is 7.05 Å². The molecular weight excluding hydrogens is 242 g/mol. The van der Waals surface area contributed by atoms with Gasteiger partial charge in [0.1, 0.15) is 0 Å². The molecule has 1 rings (SSSR count). The molecule has 0 saturated carbocycles. The summed E-state index contributed by atoms with van der Waals surface area (Å²) in [4.78, 5) is 4.09.